The molecule has 2 amide bonds. The van der Waals surface area contributed by atoms with Gasteiger partial charge in [0.05, 0.1) is 11.4 Å². The van der Waals surface area contributed by atoms with Crippen molar-refractivity contribution < 1.29 is 9.59 Å². The first-order valence-electron chi connectivity index (χ1n) is 6.92. The van der Waals surface area contributed by atoms with Gasteiger partial charge in [0.1, 0.15) is 0 Å². The highest BCUT2D eigenvalue weighted by Crippen LogP contribution is 2.26. The van der Waals surface area contributed by atoms with Crippen molar-refractivity contribution in [3.05, 3.63) is 22.4 Å². The molecule has 0 aromatic carbocycles. The first-order chi connectivity index (χ1) is 9.65. The molecule has 6 heteroatoms. The number of rotatable bonds is 3. The van der Waals surface area contributed by atoms with Gasteiger partial charge in [-0.3, -0.25) is 9.59 Å². The number of likely N-dealkylation sites (N-methyl/N-ethyl adjacent to an activating group) is 1. The highest BCUT2D eigenvalue weighted by Gasteiger charge is 2.38. The fraction of sp³-hybridized carbons (Fsp3) is 0.571. The molecule has 2 aliphatic heterocycles. The van der Waals surface area contributed by atoms with Crippen molar-refractivity contribution in [3.8, 4) is 0 Å². The minimum Gasteiger partial charge on any atom is -0.340 e. The van der Waals surface area contributed by atoms with Crippen LogP contribution in [0.4, 0.5) is 0 Å². The van der Waals surface area contributed by atoms with Gasteiger partial charge in [-0.25, -0.2) is 0 Å². The first kappa shape index (κ1) is 13.6. The lowest BCUT2D eigenvalue weighted by atomic mass is 10.0. The van der Waals surface area contributed by atoms with Gasteiger partial charge in [-0.2, -0.15) is 0 Å². The van der Waals surface area contributed by atoms with Crippen molar-refractivity contribution in [2.45, 2.75) is 0 Å². The van der Waals surface area contributed by atoms with Crippen LogP contribution >= 0.6 is 11.3 Å². The molecule has 3 rings (SSSR count). The van der Waals surface area contributed by atoms with Crippen molar-refractivity contribution in [1.82, 2.24) is 15.1 Å². The molecule has 0 spiro atoms. The van der Waals surface area contributed by atoms with Crippen LogP contribution in [0, 0.1) is 11.8 Å². The van der Waals surface area contributed by atoms with E-state index in [9.17, 15) is 9.59 Å². The summed E-state index contributed by atoms with van der Waals surface area (Å²) in [5.74, 6) is 1.18. The number of fused-ring (bicyclic) bond motifs is 1. The monoisotopic (exact) mass is 293 g/mol. The molecule has 2 atom stereocenters. The van der Waals surface area contributed by atoms with Crippen molar-refractivity contribution in [1.29, 1.82) is 0 Å². The average molecular weight is 293 g/mol. The summed E-state index contributed by atoms with van der Waals surface area (Å²) in [6.07, 6.45) is 0. The van der Waals surface area contributed by atoms with E-state index in [1.807, 2.05) is 16.3 Å². The number of carbonyl (C=O) groups excluding carboxylic acids is 2. The van der Waals surface area contributed by atoms with Crippen LogP contribution in [-0.2, 0) is 4.79 Å². The van der Waals surface area contributed by atoms with E-state index in [0.717, 1.165) is 26.2 Å². The molecule has 5 nitrogen and oxygen atoms in total. The van der Waals surface area contributed by atoms with E-state index in [-0.39, 0.29) is 18.4 Å². The lowest BCUT2D eigenvalue weighted by Gasteiger charge is -2.22. The predicted octanol–water partition coefficient (Wildman–Crippen LogP) is 0.498. The van der Waals surface area contributed by atoms with Crippen LogP contribution in [0.3, 0.4) is 0 Å². The van der Waals surface area contributed by atoms with Crippen LogP contribution in [0.25, 0.3) is 0 Å². The highest BCUT2D eigenvalue weighted by atomic mass is 32.1. The smallest absolute Gasteiger partial charge is 0.264 e. The summed E-state index contributed by atoms with van der Waals surface area (Å²) in [7, 11) is 1.69. The molecule has 0 aliphatic carbocycles. The standard InChI is InChI=1S/C14H19N3O2S/c1-16(14(19)12-3-2-4-20-12)9-13(18)17-7-10-5-15-6-11(10)8-17/h2-4,10-11,15H,5-9H2,1H3/t10-,11+. The first-order valence-corrected chi connectivity index (χ1v) is 7.80. The van der Waals surface area contributed by atoms with Crippen molar-refractivity contribution >= 4 is 23.2 Å². The normalized spacial score (nSPS) is 24.8. The van der Waals surface area contributed by atoms with Gasteiger partial charge >= 0.3 is 0 Å². The Morgan fingerprint density at radius 1 is 1.40 bits per heavy atom. The maximum Gasteiger partial charge on any atom is 0.264 e. The number of hydrogen-bond donors (Lipinski definition) is 1. The zero-order chi connectivity index (χ0) is 14.1. The third-order valence-corrected chi connectivity index (χ3v) is 5.05. The molecule has 1 aromatic heterocycles. The van der Waals surface area contributed by atoms with E-state index in [2.05, 4.69) is 5.32 Å². The Labute approximate surface area is 122 Å². The molecular formula is C14H19N3O2S. The van der Waals surface area contributed by atoms with Crippen molar-refractivity contribution in [2.75, 3.05) is 39.8 Å². The quantitative estimate of drug-likeness (QED) is 0.883. The number of thiophene rings is 1. The molecule has 1 aromatic rings. The van der Waals surface area contributed by atoms with Crippen molar-refractivity contribution in [3.63, 3.8) is 0 Å². The van der Waals surface area contributed by atoms with Gasteiger partial charge in [0.2, 0.25) is 5.91 Å². The van der Waals surface area contributed by atoms with E-state index < -0.39 is 0 Å². The molecule has 0 saturated carbocycles. The molecule has 108 valence electrons. The van der Waals surface area contributed by atoms with Gasteiger partial charge in [0.25, 0.3) is 5.91 Å². The van der Waals surface area contributed by atoms with Gasteiger partial charge in [-0.05, 0) is 23.3 Å². The van der Waals surface area contributed by atoms with Gasteiger partial charge < -0.3 is 15.1 Å². The van der Waals surface area contributed by atoms with Crippen LogP contribution in [0.1, 0.15) is 9.67 Å². The Morgan fingerprint density at radius 3 is 2.70 bits per heavy atom. The average Bonchev–Trinajstić information content (AvgIpc) is 3.13. The molecular weight excluding hydrogens is 274 g/mol. The fourth-order valence-corrected chi connectivity index (χ4v) is 3.74. The van der Waals surface area contributed by atoms with Gasteiger partial charge in [-0.15, -0.1) is 11.3 Å². The molecule has 2 fully saturated rings. The number of amides is 2. The Balaban J connectivity index is 1.55. The second-order valence-corrected chi connectivity index (χ2v) is 6.56. The van der Waals surface area contributed by atoms with Gasteiger partial charge in [-0.1, -0.05) is 6.07 Å². The third kappa shape index (κ3) is 2.58. The largest absolute Gasteiger partial charge is 0.340 e. The molecule has 0 radical (unpaired) electrons. The highest BCUT2D eigenvalue weighted by molar-refractivity contribution is 7.12. The number of nitrogens with one attached hydrogen (secondary N) is 1. The van der Waals surface area contributed by atoms with E-state index in [1.165, 1.54) is 16.2 Å². The van der Waals surface area contributed by atoms with Crippen LogP contribution in [0.5, 0.6) is 0 Å². The Bertz CT molecular complexity index is 491. The van der Waals surface area contributed by atoms with Gasteiger partial charge in [0.15, 0.2) is 0 Å². The zero-order valence-electron chi connectivity index (χ0n) is 11.5. The van der Waals surface area contributed by atoms with Gasteiger partial charge in [0, 0.05) is 33.2 Å². The molecule has 2 aliphatic rings. The lowest BCUT2D eigenvalue weighted by Crippen LogP contribution is -2.41. The fourth-order valence-electron chi connectivity index (χ4n) is 3.02. The summed E-state index contributed by atoms with van der Waals surface area (Å²) in [5, 5.41) is 5.23. The summed E-state index contributed by atoms with van der Waals surface area (Å²) in [6.45, 7) is 3.86. The molecule has 3 heterocycles. The summed E-state index contributed by atoms with van der Waals surface area (Å²) in [6, 6.07) is 3.64. The second-order valence-electron chi connectivity index (χ2n) is 5.62. The SMILES string of the molecule is CN(CC(=O)N1C[C@H]2CNC[C@H]2C1)C(=O)c1cccs1. The third-order valence-electron chi connectivity index (χ3n) is 4.19. The van der Waals surface area contributed by atoms with E-state index in [0.29, 0.717) is 16.7 Å². The topological polar surface area (TPSA) is 52.7 Å². The summed E-state index contributed by atoms with van der Waals surface area (Å²) in [5.41, 5.74) is 0. The number of nitrogens with zero attached hydrogens (tertiary/aromatic N) is 2. The molecule has 20 heavy (non-hydrogen) atoms. The Kier molecular flexibility index (Phi) is 3.76. The van der Waals surface area contributed by atoms with Crippen LogP contribution in [-0.4, -0.2) is 61.4 Å². The number of hydrogen-bond acceptors (Lipinski definition) is 4. The summed E-state index contributed by atoms with van der Waals surface area (Å²) >= 11 is 1.41. The van der Waals surface area contributed by atoms with Crippen LogP contribution in [0.2, 0.25) is 0 Å². The zero-order valence-corrected chi connectivity index (χ0v) is 12.4. The molecule has 2 saturated heterocycles. The van der Waals surface area contributed by atoms with Crippen LogP contribution in [0.15, 0.2) is 17.5 Å². The van der Waals surface area contributed by atoms with E-state index in [4.69, 9.17) is 0 Å². The van der Waals surface area contributed by atoms with E-state index in [1.54, 1.807) is 13.1 Å². The predicted molar refractivity (Wildman–Crippen MR) is 77.7 cm³/mol. The Morgan fingerprint density at radius 2 is 2.10 bits per heavy atom. The van der Waals surface area contributed by atoms with Crippen molar-refractivity contribution in [2.24, 2.45) is 11.8 Å². The molecule has 0 unspecified atom stereocenters. The maximum atomic E-state index is 12.3. The minimum absolute atomic E-state index is 0.0619. The number of carbonyl (C=O) groups is 2. The van der Waals surface area contributed by atoms with Crippen LogP contribution < -0.4 is 5.32 Å². The lowest BCUT2D eigenvalue weighted by molar-refractivity contribution is -0.130. The second kappa shape index (κ2) is 5.54. The molecule has 0 bridgehead atoms. The summed E-state index contributed by atoms with van der Waals surface area (Å²) < 4.78 is 0. The summed E-state index contributed by atoms with van der Waals surface area (Å²) in [4.78, 5) is 28.5. The van der Waals surface area contributed by atoms with E-state index >= 15 is 0 Å². The maximum absolute atomic E-state index is 12.3. The number of likely N-dealkylation sites (tertiary alicyclic amines) is 1. The minimum atomic E-state index is -0.0746. The molecule has 1 N–H and O–H groups in total. The Hall–Kier alpha value is -1.40.